The maximum atomic E-state index is 11.5. The molecule has 0 saturated carbocycles. The third-order valence-electron chi connectivity index (χ3n) is 3.58. The van der Waals surface area contributed by atoms with Crippen molar-refractivity contribution in [1.29, 1.82) is 0 Å². The number of nitrogens with one attached hydrogen (secondary N) is 1. The predicted octanol–water partition coefficient (Wildman–Crippen LogP) is 3.23. The second-order valence-corrected chi connectivity index (χ2v) is 7.56. The SMILES string of the molecule is O=C(O)c1ccc(-c2nn[nH]n2)cc1Sc1nc2ccc([N+](=O)[O-])cc2s1. The van der Waals surface area contributed by atoms with Gasteiger partial charge in [-0.1, -0.05) is 17.8 Å². The summed E-state index contributed by atoms with van der Waals surface area (Å²) in [5, 5.41) is 34.0. The average molecular weight is 400 g/mol. The molecule has 2 aromatic heterocycles. The van der Waals surface area contributed by atoms with Gasteiger partial charge in [0, 0.05) is 22.6 Å². The van der Waals surface area contributed by atoms with Gasteiger partial charge in [0.1, 0.15) is 0 Å². The Morgan fingerprint density at radius 3 is 2.81 bits per heavy atom. The Morgan fingerprint density at radius 1 is 1.26 bits per heavy atom. The second kappa shape index (κ2) is 6.74. The molecule has 2 aromatic carbocycles. The van der Waals surface area contributed by atoms with Crippen LogP contribution in [0, 0.1) is 10.1 Å². The number of hydrogen-bond donors (Lipinski definition) is 2. The summed E-state index contributed by atoms with van der Waals surface area (Å²) in [4.78, 5) is 26.9. The molecular formula is C15H8N6O4S2. The van der Waals surface area contributed by atoms with Crippen LogP contribution in [0.5, 0.6) is 0 Å². The molecule has 134 valence electrons. The number of H-pyrrole nitrogens is 1. The first kappa shape index (κ1) is 17.1. The predicted molar refractivity (Wildman–Crippen MR) is 97.0 cm³/mol. The van der Waals surface area contributed by atoms with E-state index in [1.165, 1.54) is 29.5 Å². The molecule has 4 rings (SSSR count). The van der Waals surface area contributed by atoms with E-state index >= 15 is 0 Å². The van der Waals surface area contributed by atoms with Crippen molar-refractivity contribution in [2.45, 2.75) is 9.24 Å². The van der Waals surface area contributed by atoms with Gasteiger partial charge >= 0.3 is 5.97 Å². The number of rotatable bonds is 5. The number of aromatic amines is 1. The minimum Gasteiger partial charge on any atom is -0.478 e. The molecule has 0 spiro atoms. The molecule has 4 aromatic rings. The van der Waals surface area contributed by atoms with E-state index in [1.54, 1.807) is 18.2 Å². The lowest BCUT2D eigenvalue weighted by molar-refractivity contribution is -0.384. The number of hydrogen-bond acceptors (Lipinski definition) is 9. The van der Waals surface area contributed by atoms with Gasteiger partial charge in [0.2, 0.25) is 5.82 Å². The number of carbonyl (C=O) groups is 1. The van der Waals surface area contributed by atoms with Crippen LogP contribution < -0.4 is 0 Å². The minimum atomic E-state index is -1.08. The van der Waals surface area contributed by atoms with Gasteiger partial charge < -0.3 is 5.11 Å². The van der Waals surface area contributed by atoms with Crippen LogP contribution in [0.3, 0.4) is 0 Å². The number of fused-ring (bicyclic) bond motifs is 1. The topological polar surface area (TPSA) is 148 Å². The van der Waals surface area contributed by atoms with Gasteiger partial charge in [-0.3, -0.25) is 10.1 Å². The highest BCUT2D eigenvalue weighted by Crippen LogP contribution is 2.38. The molecule has 0 bridgehead atoms. The highest BCUT2D eigenvalue weighted by Gasteiger charge is 2.17. The van der Waals surface area contributed by atoms with Crippen LogP contribution in [0.4, 0.5) is 5.69 Å². The number of aromatic nitrogens is 5. The lowest BCUT2D eigenvalue weighted by Crippen LogP contribution is -1.99. The Bertz CT molecular complexity index is 1170. The second-order valence-electron chi connectivity index (χ2n) is 5.24. The van der Waals surface area contributed by atoms with E-state index in [2.05, 4.69) is 25.6 Å². The number of non-ortho nitro benzene ring substituents is 1. The summed E-state index contributed by atoms with van der Waals surface area (Å²) in [5.41, 5.74) is 1.30. The molecule has 0 fully saturated rings. The zero-order chi connectivity index (χ0) is 19.0. The molecule has 2 heterocycles. The maximum Gasteiger partial charge on any atom is 0.336 e. The molecule has 0 atom stereocenters. The number of carboxylic acids is 1. The quantitative estimate of drug-likeness (QED) is 0.380. The van der Waals surface area contributed by atoms with Crippen molar-refractivity contribution in [1.82, 2.24) is 25.6 Å². The Balaban J connectivity index is 1.74. The van der Waals surface area contributed by atoms with Gasteiger partial charge in [-0.2, -0.15) is 5.21 Å². The van der Waals surface area contributed by atoms with Gasteiger partial charge in [0.05, 0.1) is 20.7 Å². The summed E-state index contributed by atoms with van der Waals surface area (Å²) >= 11 is 2.42. The standard InChI is InChI=1S/C15H8N6O4S2/c22-14(23)9-3-1-7(13-17-19-20-18-13)5-11(9)26-15-16-10-4-2-8(21(24)25)6-12(10)27-15/h1-6H,(H,22,23)(H,17,18,19,20). The third kappa shape index (κ3) is 3.35. The van der Waals surface area contributed by atoms with Gasteiger partial charge in [-0.05, 0) is 23.4 Å². The molecule has 0 aliphatic heterocycles. The van der Waals surface area contributed by atoms with Crippen LogP contribution in [0.25, 0.3) is 21.6 Å². The van der Waals surface area contributed by atoms with E-state index in [1.807, 2.05) is 0 Å². The van der Waals surface area contributed by atoms with E-state index in [-0.39, 0.29) is 11.3 Å². The van der Waals surface area contributed by atoms with Crippen molar-refractivity contribution in [2.75, 3.05) is 0 Å². The summed E-state index contributed by atoms with van der Waals surface area (Å²) in [6, 6.07) is 9.12. The minimum absolute atomic E-state index is 0.0203. The summed E-state index contributed by atoms with van der Waals surface area (Å²) in [7, 11) is 0. The highest BCUT2D eigenvalue weighted by molar-refractivity contribution is 8.01. The van der Waals surface area contributed by atoms with Gasteiger partial charge in [0.15, 0.2) is 4.34 Å². The average Bonchev–Trinajstić information content (AvgIpc) is 3.30. The van der Waals surface area contributed by atoms with E-state index in [4.69, 9.17) is 0 Å². The molecule has 27 heavy (non-hydrogen) atoms. The fraction of sp³-hybridized carbons (Fsp3) is 0. The smallest absolute Gasteiger partial charge is 0.336 e. The lowest BCUT2D eigenvalue weighted by Gasteiger charge is -2.05. The molecule has 0 amide bonds. The number of benzene rings is 2. The summed E-state index contributed by atoms with van der Waals surface area (Å²) in [6.07, 6.45) is 0. The first-order valence-electron chi connectivity index (χ1n) is 7.35. The highest BCUT2D eigenvalue weighted by atomic mass is 32.2. The van der Waals surface area contributed by atoms with Crippen molar-refractivity contribution in [2.24, 2.45) is 0 Å². The van der Waals surface area contributed by atoms with Crippen molar-refractivity contribution < 1.29 is 14.8 Å². The van der Waals surface area contributed by atoms with Crippen LogP contribution in [-0.4, -0.2) is 41.6 Å². The van der Waals surface area contributed by atoms with Gasteiger partial charge in [-0.25, -0.2) is 9.78 Å². The number of tetrazole rings is 1. The Morgan fingerprint density at radius 2 is 2.11 bits per heavy atom. The van der Waals surface area contributed by atoms with E-state index in [0.717, 1.165) is 11.8 Å². The van der Waals surface area contributed by atoms with Crippen molar-refractivity contribution in [3.05, 3.63) is 52.1 Å². The van der Waals surface area contributed by atoms with Crippen molar-refractivity contribution >= 4 is 45.0 Å². The van der Waals surface area contributed by atoms with E-state index in [9.17, 15) is 20.0 Å². The maximum absolute atomic E-state index is 11.5. The van der Waals surface area contributed by atoms with Crippen LogP contribution in [0.2, 0.25) is 0 Å². The van der Waals surface area contributed by atoms with E-state index < -0.39 is 10.9 Å². The number of aromatic carboxylic acids is 1. The molecule has 0 saturated heterocycles. The fourth-order valence-corrected chi connectivity index (χ4v) is 4.57. The van der Waals surface area contributed by atoms with Crippen LogP contribution in [0.15, 0.2) is 45.6 Å². The number of nitrogens with zero attached hydrogens (tertiary/aromatic N) is 5. The Kier molecular flexibility index (Phi) is 4.25. The molecule has 2 N–H and O–H groups in total. The van der Waals surface area contributed by atoms with Crippen molar-refractivity contribution in [3.63, 3.8) is 0 Å². The zero-order valence-electron chi connectivity index (χ0n) is 13.2. The zero-order valence-corrected chi connectivity index (χ0v) is 14.8. The third-order valence-corrected chi connectivity index (χ3v) is 5.71. The summed E-state index contributed by atoms with van der Waals surface area (Å²) in [5.74, 6) is -0.734. The lowest BCUT2D eigenvalue weighted by atomic mass is 10.1. The van der Waals surface area contributed by atoms with Gasteiger partial charge in [0.25, 0.3) is 5.69 Å². The monoisotopic (exact) mass is 400 g/mol. The van der Waals surface area contributed by atoms with Crippen LogP contribution in [0.1, 0.15) is 10.4 Å². The normalized spacial score (nSPS) is 11.0. The molecular weight excluding hydrogens is 392 g/mol. The fourth-order valence-electron chi connectivity index (χ4n) is 2.35. The first-order valence-corrected chi connectivity index (χ1v) is 8.98. The van der Waals surface area contributed by atoms with Crippen molar-refractivity contribution in [3.8, 4) is 11.4 Å². The molecule has 0 radical (unpaired) electrons. The molecule has 0 aliphatic carbocycles. The number of nitro groups is 1. The number of nitro benzene ring substituents is 1. The largest absolute Gasteiger partial charge is 0.478 e. The Hall–Kier alpha value is -3.38. The summed E-state index contributed by atoms with van der Waals surface area (Å²) < 4.78 is 1.22. The van der Waals surface area contributed by atoms with E-state index in [0.29, 0.717) is 30.8 Å². The first-order chi connectivity index (χ1) is 13.0. The van der Waals surface area contributed by atoms with Gasteiger partial charge in [-0.15, -0.1) is 21.5 Å². The van der Waals surface area contributed by atoms with Crippen LogP contribution in [-0.2, 0) is 0 Å². The molecule has 10 nitrogen and oxygen atoms in total. The Labute approximate surface area is 158 Å². The molecule has 0 aliphatic rings. The molecule has 0 unspecified atom stereocenters. The number of thiazole rings is 1. The number of carboxylic acid groups (broad SMARTS) is 1. The summed E-state index contributed by atoms with van der Waals surface area (Å²) in [6.45, 7) is 0. The van der Waals surface area contributed by atoms with Crippen LogP contribution >= 0.6 is 23.1 Å². The molecule has 12 heteroatoms.